The van der Waals surface area contributed by atoms with Crippen LogP contribution in [-0.4, -0.2) is 40.6 Å². The summed E-state index contributed by atoms with van der Waals surface area (Å²) in [5.41, 5.74) is 4.41. The van der Waals surface area contributed by atoms with Gasteiger partial charge in [-0.05, 0) is 20.9 Å². The molecule has 5 N–H and O–H groups in total. The summed E-state index contributed by atoms with van der Waals surface area (Å²) in [6.45, 7) is 3.46. The van der Waals surface area contributed by atoms with Gasteiger partial charge in [-0.15, -0.1) is 0 Å². The summed E-state index contributed by atoms with van der Waals surface area (Å²) in [6.07, 6.45) is 0. The lowest BCUT2D eigenvalue weighted by molar-refractivity contribution is -0.159. The van der Waals surface area contributed by atoms with Crippen molar-refractivity contribution in [2.24, 2.45) is 5.73 Å². The van der Waals surface area contributed by atoms with Crippen molar-refractivity contribution < 1.29 is 24.6 Å². The van der Waals surface area contributed by atoms with Crippen LogP contribution in [0.2, 0.25) is 0 Å². The van der Waals surface area contributed by atoms with Crippen molar-refractivity contribution >= 4 is 17.8 Å². The highest BCUT2D eigenvalue weighted by Crippen LogP contribution is 1.96. The Morgan fingerprint density at radius 3 is 1.43 bits per heavy atom. The first-order chi connectivity index (χ1) is 6.15. The molecule has 0 aliphatic heterocycles. The molecular formula is C7H14N2O5. The van der Waals surface area contributed by atoms with Crippen LogP contribution in [0.15, 0.2) is 0 Å². The van der Waals surface area contributed by atoms with Crippen LogP contribution < -0.4 is 11.1 Å². The fraction of sp³-hybridized carbons (Fsp3) is 0.571. The maximum absolute atomic E-state index is 10.4. The van der Waals surface area contributed by atoms with E-state index in [0.717, 1.165) is 0 Å². The first-order valence-electron chi connectivity index (χ1n) is 3.60. The fourth-order valence-corrected chi connectivity index (χ4v) is 0.123. The Kier molecular flexibility index (Phi) is 6.29. The molecule has 7 heteroatoms. The van der Waals surface area contributed by atoms with Crippen molar-refractivity contribution in [3.8, 4) is 0 Å². The molecule has 0 heterocycles. The number of hydrogen-bond acceptors (Lipinski definition) is 4. The van der Waals surface area contributed by atoms with Crippen molar-refractivity contribution in [3.63, 3.8) is 0 Å². The monoisotopic (exact) mass is 206 g/mol. The van der Waals surface area contributed by atoms with E-state index in [9.17, 15) is 4.79 Å². The van der Waals surface area contributed by atoms with E-state index >= 15 is 0 Å². The Balaban J connectivity index is 0. The van der Waals surface area contributed by atoms with Gasteiger partial charge in [-0.2, -0.15) is 0 Å². The van der Waals surface area contributed by atoms with Crippen LogP contribution >= 0.6 is 0 Å². The second-order valence-electron chi connectivity index (χ2n) is 2.85. The van der Waals surface area contributed by atoms with Gasteiger partial charge in [-0.3, -0.25) is 4.79 Å². The molecule has 0 aromatic carbocycles. The lowest BCUT2D eigenvalue weighted by atomic mass is 10.1. The van der Waals surface area contributed by atoms with Gasteiger partial charge in [0.05, 0.1) is 5.54 Å². The summed E-state index contributed by atoms with van der Waals surface area (Å²) in [7, 11) is 1.70. The number of rotatable bonds is 2. The van der Waals surface area contributed by atoms with E-state index < -0.39 is 17.5 Å². The molecule has 7 nitrogen and oxygen atoms in total. The Labute approximate surface area is 80.9 Å². The highest BCUT2D eigenvalue weighted by Gasteiger charge is 2.20. The smallest absolute Gasteiger partial charge is 0.414 e. The second-order valence-corrected chi connectivity index (χ2v) is 2.85. The average molecular weight is 206 g/mol. The number of carbonyl (C=O) groups excluding carboxylic acids is 1. The average Bonchev–Trinajstić information content (AvgIpc) is 2.05. The Morgan fingerprint density at radius 2 is 1.43 bits per heavy atom. The molecular weight excluding hydrogens is 192 g/mol. The number of carbonyl (C=O) groups is 3. The van der Waals surface area contributed by atoms with E-state index in [1.165, 1.54) is 0 Å². The van der Waals surface area contributed by atoms with Crippen LogP contribution in [0.25, 0.3) is 0 Å². The summed E-state index contributed by atoms with van der Waals surface area (Å²) in [6, 6.07) is 0. The summed E-state index contributed by atoms with van der Waals surface area (Å²) in [4.78, 5) is 28.6. The Hall–Kier alpha value is -1.63. The van der Waals surface area contributed by atoms with Gasteiger partial charge in [0.15, 0.2) is 0 Å². The van der Waals surface area contributed by atoms with E-state index in [1.807, 2.05) is 0 Å². The molecule has 0 aromatic heterocycles. The SMILES string of the molecule is CNC(C)(C)C(N)=O.O=C(O)C(=O)O. The molecule has 14 heavy (non-hydrogen) atoms. The van der Waals surface area contributed by atoms with Crippen LogP contribution in [0.5, 0.6) is 0 Å². The minimum atomic E-state index is -1.82. The third-order valence-electron chi connectivity index (χ3n) is 1.42. The number of likely N-dealkylation sites (N-methyl/N-ethyl adjacent to an activating group) is 1. The molecule has 0 fully saturated rings. The quantitative estimate of drug-likeness (QED) is 0.412. The van der Waals surface area contributed by atoms with Crippen LogP contribution in [0, 0.1) is 0 Å². The third-order valence-corrected chi connectivity index (χ3v) is 1.42. The van der Waals surface area contributed by atoms with Crippen molar-refractivity contribution in [2.75, 3.05) is 7.05 Å². The van der Waals surface area contributed by atoms with Crippen LogP contribution in [0.1, 0.15) is 13.8 Å². The van der Waals surface area contributed by atoms with E-state index in [4.69, 9.17) is 25.5 Å². The van der Waals surface area contributed by atoms with Crippen molar-refractivity contribution in [2.45, 2.75) is 19.4 Å². The number of carboxylic acid groups (broad SMARTS) is 2. The lowest BCUT2D eigenvalue weighted by Crippen LogP contribution is -2.48. The maximum atomic E-state index is 10.4. The number of amides is 1. The van der Waals surface area contributed by atoms with E-state index in [0.29, 0.717) is 0 Å². The van der Waals surface area contributed by atoms with Gasteiger partial charge in [0.2, 0.25) is 5.91 Å². The number of nitrogens with one attached hydrogen (secondary N) is 1. The zero-order valence-corrected chi connectivity index (χ0v) is 8.20. The standard InChI is InChI=1S/C5H12N2O.C2H2O4/c1-5(2,7-3)4(6)8;3-1(4)2(5)6/h7H,1-3H3,(H2,6,8);(H,3,4)(H,5,6). The van der Waals surface area contributed by atoms with Gasteiger partial charge >= 0.3 is 11.9 Å². The van der Waals surface area contributed by atoms with Gasteiger partial charge in [-0.25, -0.2) is 9.59 Å². The Morgan fingerprint density at radius 1 is 1.14 bits per heavy atom. The number of aliphatic carboxylic acids is 2. The number of primary amides is 1. The molecule has 0 rings (SSSR count). The van der Waals surface area contributed by atoms with Crippen LogP contribution in [-0.2, 0) is 14.4 Å². The largest absolute Gasteiger partial charge is 0.473 e. The highest BCUT2D eigenvalue weighted by atomic mass is 16.4. The number of hydrogen-bond donors (Lipinski definition) is 4. The number of carboxylic acids is 2. The molecule has 0 spiro atoms. The van der Waals surface area contributed by atoms with Crippen molar-refractivity contribution in [1.82, 2.24) is 5.32 Å². The molecule has 0 saturated heterocycles. The van der Waals surface area contributed by atoms with Crippen molar-refractivity contribution in [1.29, 1.82) is 0 Å². The summed E-state index contributed by atoms with van der Waals surface area (Å²) >= 11 is 0. The lowest BCUT2D eigenvalue weighted by Gasteiger charge is -2.18. The molecule has 0 saturated carbocycles. The molecule has 0 aromatic rings. The van der Waals surface area contributed by atoms with Gasteiger partial charge in [0.25, 0.3) is 0 Å². The molecule has 0 aliphatic rings. The van der Waals surface area contributed by atoms with Crippen LogP contribution in [0.4, 0.5) is 0 Å². The molecule has 0 radical (unpaired) electrons. The van der Waals surface area contributed by atoms with E-state index in [1.54, 1.807) is 20.9 Å². The molecule has 82 valence electrons. The fourth-order valence-electron chi connectivity index (χ4n) is 0.123. The van der Waals surface area contributed by atoms with Gasteiger partial charge in [0, 0.05) is 0 Å². The van der Waals surface area contributed by atoms with Gasteiger partial charge < -0.3 is 21.3 Å². The van der Waals surface area contributed by atoms with E-state index in [-0.39, 0.29) is 5.91 Å². The van der Waals surface area contributed by atoms with Gasteiger partial charge in [0.1, 0.15) is 0 Å². The molecule has 1 amide bonds. The van der Waals surface area contributed by atoms with E-state index in [2.05, 4.69) is 5.32 Å². The molecule has 0 aliphatic carbocycles. The molecule has 0 bridgehead atoms. The first kappa shape index (κ1) is 14.9. The number of nitrogens with two attached hydrogens (primary N) is 1. The minimum Gasteiger partial charge on any atom is -0.473 e. The zero-order valence-electron chi connectivity index (χ0n) is 8.20. The maximum Gasteiger partial charge on any atom is 0.414 e. The second kappa shape index (κ2) is 5.92. The molecule has 0 unspecified atom stereocenters. The van der Waals surface area contributed by atoms with Gasteiger partial charge in [-0.1, -0.05) is 0 Å². The summed E-state index contributed by atoms with van der Waals surface area (Å²) < 4.78 is 0. The topological polar surface area (TPSA) is 130 Å². The van der Waals surface area contributed by atoms with Crippen molar-refractivity contribution in [3.05, 3.63) is 0 Å². The predicted molar refractivity (Wildman–Crippen MR) is 47.6 cm³/mol. The highest BCUT2D eigenvalue weighted by molar-refractivity contribution is 6.27. The summed E-state index contributed by atoms with van der Waals surface area (Å²) in [5, 5.41) is 17.5. The predicted octanol–water partition coefficient (Wildman–Crippen LogP) is -1.37. The minimum absolute atomic E-state index is 0.333. The van der Waals surface area contributed by atoms with Crippen LogP contribution in [0.3, 0.4) is 0 Å². The Bertz CT molecular complexity index is 224. The zero-order chi connectivity index (χ0) is 11.9. The normalized spacial score (nSPS) is 9.64. The summed E-state index contributed by atoms with van der Waals surface area (Å²) in [5.74, 6) is -3.98. The molecule has 0 atom stereocenters. The first-order valence-corrected chi connectivity index (χ1v) is 3.60. The third kappa shape index (κ3) is 7.04.